The summed E-state index contributed by atoms with van der Waals surface area (Å²) >= 11 is 0. The molecule has 0 aromatic heterocycles. The highest BCUT2D eigenvalue weighted by molar-refractivity contribution is 5.68. The Balaban J connectivity index is 2.10. The van der Waals surface area contributed by atoms with Crippen LogP contribution in [-0.4, -0.2) is 18.2 Å². The van der Waals surface area contributed by atoms with Crippen LogP contribution in [0.5, 0.6) is 5.75 Å². The van der Waals surface area contributed by atoms with Gasteiger partial charge in [-0.2, -0.15) is 0 Å². The lowest BCUT2D eigenvalue weighted by Gasteiger charge is -2.48. The minimum Gasteiger partial charge on any atom is -0.496 e. The second kappa shape index (κ2) is 5.70. The van der Waals surface area contributed by atoms with Gasteiger partial charge in [0.25, 0.3) is 0 Å². The lowest BCUT2D eigenvalue weighted by molar-refractivity contribution is -0.139. The molecule has 1 fully saturated rings. The molecule has 1 aromatic rings. The Hall–Kier alpha value is -1.51. The Morgan fingerprint density at radius 1 is 1.33 bits per heavy atom. The zero-order valence-electron chi connectivity index (χ0n) is 12.7. The fourth-order valence-corrected chi connectivity index (χ4v) is 4.68. The van der Waals surface area contributed by atoms with Crippen LogP contribution in [0, 0.1) is 5.92 Å². The van der Waals surface area contributed by atoms with Gasteiger partial charge in [-0.15, -0.1) is 0 Å². The van der Waals surface area contributed by atoms with Crippen molar-refractivity contribution in [3.8, 4) is 5.75 Å². The number of carboxylic acid groups (broad SMARTS) is 1. The van der Waals surface area contributed by atoms with E-state index in [1.807, 2.05) is 6.07 Å². The van der Waals surface area contributed by atoms with Crippen molar-refractivity contribution < 1.29 is 14.6 Å². The standard InChI is InChI=1S/C18H24O3/c1-21-15-7-5-6-13-8-9-14(12-16(19)20)18(17(13)15)10-3-2-4-11-18/h5-7,14H,2-4,8-12H2,1H3,(H,19,20). The van der Waals surface area contributed by atoms with Crippen molar-refractivity contribution >= 4 is 5.97 Å². The maximum absolute atomic E-state index is 11.3. The van der Waals surface area contributed by atoms with Crippen molar-refractivity contribution in [2.45, 2.75) is 56.8 Å². The quantitative estimate of drug-likeness (QED) is 0.916. The first kappa shape index (κ1) is 14.4. The third-order valence-electron chi connectivity index (χ3n) is 5.54. The summed E-state index contributed by atoms with van der Waals surface area (Å²) in [5, 5.41) is 9.32. The summed E-state index contributed by atoms with van der Waals surface area (Å²) in [4.78, 5) is 11.3. The van der Waals surface area contributed by atoms with Crippen LogP contribution in [0.2, 0.25) is 0 Å². The largest absolute Gasteiger partial charge is 0.496 e. The van der Waals surface area contributed by atoms with E-state index in [9.17, 15) is 9.90 Å². The Kier molecular flexibility index (Phi) is 3.92. The van der Waals surface area contributed by atoms with Crippen LogP contribution in [-0.2, 0) is 16.6 Å². The van der Waals surface area contributed by atoms with Crippen molar-refractivity contribution in [2.75, 3.05) is 7.11 Å². The van der Waals surface area contributed by atoms with E-state index in [2.05, 4.69) is 12.1 Å². The van der Waals surface area contributed by atoms with E-state index in [0.29, 0.717) is 0 Å². The summed E-state index contributed by atoms with van der Waals surface area (Å²) in [6, 6.07) is 6.30. The van der Waals surface area contributed by atoms with Crippen LogP contribution in [0.3, 0.4) is 0 Å². The molecular weight excluding hydrogens is 264 g/mol. The molecule has 3 nitrogen and oxygen atoms in total. The molecule has 1 spiro atoms. The first-order valence-electron chi connectivity index (χ1n) is 8.05. The van der Waals surface area contributed by atoms with Crippen LogP contribution < -0.4 is 4.74 Å². The molecule has 0 amide bonds. The van der Waals surface area contributed by atoms with Gasteiger partial charge in [0.2, 0.25) is 0 Å². The Morgan fingerprint density at radius 2 is 2.10 bits per heavy atom. The fourth-order valence-electron chi connectivity index (χ4n) is 4.68. The number of hydrogen-bond donors (Lipinski definition) is 1. The SMILES string of the molecule is COc1cccc2c1C1(CCCCC1)C(CC(=O)O)CC2. The second-order valence-electron chi connectivity index (χ2n) is 6.54. The van der Waals surface area contributed by atoms with Crippen molar-refractivity contribution in [3.05, 3.63) is 29.3 Å². The molecule has 3 heteroatoms. The lowest BCUT2D eigenvalue weighted by atomic mass is 9.56. The van der Waals surface area contributed by atoms with E-state index in [1.54, 1.807) is 7.11 Å². The van der Waals surface area contributed by atoms with Gasteiger partial charge in [0.05, 0.1) is 7.11 Å². The third-order valence-corrected chi connectivity index (χ3v) is 5.54. The van der Waals surface area contributed by atoms with Gasteiger partial charge in [-0.1, -0.05) is 31.4 Å². The summed E-state index contributed by atoms with van der Waals surface area (Å²) in [5.74, 6) is 0.548. The number of hydrogen-bond acceptors (Lipinski definition) is 2. The minimum absolute atomic E-state index is 0.0246. The monoisotopic (exact) mass is 288 g/mol. The molecule has 114 valence electrons. The topological polar surface area (TPSA) is 46.5 Å². The Bertz CT molecular complexity index is 515. The maximum atomic E-state index is 11.3. The summed E-state index contributed by atoms with van der Waals surface area (Å²) in [7, 11) is 1.73. The molecule has 0 heterocycles. The van der Waals surface area contributed by atoms with Crippen LogP contribution >= 0.6 is 0 Å². The molecule has 0 saturated heterocycles. The van der Waals surface area contributed by atoms with Gasteiger partial charge in [0.15, 0.2) is 0 Å². The molecule has 1 atom stereocenters. The molecule has 0 bridgehead atoms. The molecule has 1 N–H and O–H groups in total. The number of benzene rings is 1. The van der Waals surface area contributed by atoms with E-state index in [1.165, 1.54) is 30.4 Å². The number of methoxy groups -OCH3 is 1. The predicted octanol–water partition coefficient (Wildman–Crippen LogP) is 3.93. The molecule has 3 rings (SSSR count). The number of carbonyl (C=O) groups is 1. The normalized spacial score (nSPS) is 23.6. The minimum atomic E-state index is -0.664. The molecule has 2 aliphatic rings. The molecule has 2 aliphatic carbocycles. The Labute approximate surface area is 126 Å². The fraction of sp³-hybridized carbons (Fsp3) is 0.611. The van der Waals surface area contributed by atoms with Crippen molar-refractivity contribution in [1.29, 1.82) is 0 Å². The molecule has 1 unspecified atom stereocenters. The zero-order chi connectivity index (χ0) is 14.9. The van der Waals surface area contributed by atoms with Gasteiger partial charge in [0, 0.05) is 17.4 Å². The number of fused-ring (bicyclic) bond motifs is 2. The molecule has 0 radical (unpaired) electrons. The van der Waals surface area contributed by atoms with Crippen molar-refractivity contribution in [2.24, 2.45) is 5.92 Å². The third kappa shape index (κ3) is 2.43. The van der Waals surface area contributed by atoms with E-state index >= 15 is 0 Å². The molecule has 0 aliphatic heterocycles. The average Bonchev–Trinajstić information content (AvgIpc) is 2.50. The van der Waals surface area contributed by atoms with Gasteiger partial charge in [-0.25, -0.2) is 0 Å². The van der Waals surface area contributed by atoms with Gasteiger partial charge in [-0.3, -0.25) is 4.79 Å². The molecule has 1 saturated carbocycles. The van der Waals surface area contributed by atoms with E-state index in [-0.39, 0.29) is 17.8 Å². The van der Waals surface area contributed by atoms with Crippen LogP contribution in [0.25, 0.3) is 0 Å². The van der Waals surface area contributed by atoms with Gasteiger partial charge in [-0.05, 0) is 43.2 Å². The highest BCUT2D eigenvalue weighted by Gasteiger charge is 2.46. The van der Waals surface area contributed by atoms with E-state index in [0.717, 1.165) is 31.4 Å². The first-order valence-corrected chi connectivity index (χ1v) is 8.05. The summed E-state index contributed by atoms with van der Waals surface area (Å²) in [6.07, 6.45) is 8.15. The first-order chi connectivity index (χ1) is 10.2. The van der Waals surface area contributed by atoms with E-state index in [4.69, 9.17) is 4.74 Å². The molecular formula is C18H24O3. The highest BCUT2D eigenvalue weighted by Crippen LogP contribution is 2.54. The number of aryl methyl sites for hydroxylation is 1. The van der Waals surface area contributed by atoms with Crippen LogP contribution in [0.4, 0.5) is 0 Å². The number of ether oxygens (including phenoxy) is 1. The smallest absolute Gasteiger partial charge is 0.303 e. The number of rotatable bonds is 3. The predicted molar refractivity (Wildman–Crippen MR) is 81.8 cm³/mol. The maximum Gasteiger partial charge on any atom is 0.303 e. The van der Waals surface area contributed by atoms with Gasteiger partial charge < -0.3 is 9.84 Å². The van der Waals surface area contributed by atoms with Crippen LogP contribution in [0.15, 0.2) is 18.2 Å². The average molecular weight is 288 g/mol. The van der Waals surface area contributed by atoms with Crippen LogP contribution in [0.1, 0.15) is 56.1 Å². The molecule has 1 aromatic carbocycles. The zero-order valence-corrected chi connectivity index (χ0v) is 12.7. The summed E-state index contributed by atoms with van der Waals surface area (Å²) < 4.78 is 5.65. The summed E-state index contributed by atoms with van der Waals surface area (Å²) in [5.41, 5.74) is 2.72. The van der Waals surface area contributed by atoms with Crippen molar-refractivity contribution in [1.82, 2.24) is 0 Å². The summed E-state index contributed by atoms with van der Waals surface area (Å²) in [6.45, 7) is 0. The Morgan fingerprint density at radius 3 is 2.76 bits per heavy atom. The highest BCUT2D eigenvalue weighted by atomic mass is 16.5. The second-order valence-corrected chi connectivity index (χ2v) is 6.54. The van der Waals surface area contributed by atoms with E-state index < -0.39 is 5.97 Å². The number of aliphatic carboxylic acids is 1. The number of carboxylic acids is 1. The van der Waals surface area contributed by atoms with Crippen molar-refractivity contribution in [3.63, 3.8) is 0 Å². The lowest BCUT2D eigenvalue weighted by Crippen LogP contribution is -2.42. The van der Waals surface area contributed by atoms with Gasteiger partial charge in [0.1, 0.15) is 5.75 Å². The molecule has 21 heavy (non-hydrogen) atoms. The van der Waals surface area contributed by atoms with Gasteiger partial charge >= 0.3 is 5.97 Å².